The highest BCUT2D eigenvalue weighted by molar-refractivity contribution is 5.94. The second kappa shape index (κ2) is 5.77. The fourth-order valence-electron chi connectivity index (χ4n) is 1.47. The highest BCUT2D eigenvalue weighted by atomic mass is 16.2. The van der Waals surface area contributed by atoms with E-state index in [1.807, 2.05) is 49.4 Å². The number of nitrogens with one attached hydrogen (secondary N) is 1. The van der Waals surface area contributed by atoms with E-state index in [1.165, 1.54) is 0 Å². The molecular weight excluding hydrogens is 224 g/mol. The summed E-state index contributed by atoms with van der Waals surface area (Å²) in [5, 5.41) is 3.92. The van der Waals surface area contributed by atoms with Crippen molar-refractivity contribution in [3.8, 4) is 0 Å². The number of nitrogens with zero attached hydrogens (tertiary/aromatic N) is 1. The number of carbonyl (C=O) groups excluding carboxylic acids is 1. The number of hydrazone groups is 1. The third kappa shape index (κ3) is 3.28. The van der Waals surface area contributed by atoms with Crippen LogP contribution >= 0.6 is 0 Å². The predicted molar refractivity (Wildman–Crippen MR) is 72.7 cm³/mol. The molecule has 0 spiro atoms. The zero-order valence-corrected chi connectivity index (χ0v) is 10.1. The molecule has 2 rings (SSSR count). The van der Waals surface area contributed by atoms with E-state index in [0.717, 1.165) is 11.1 Å². The molecule has 0 saturated heterocycles. The van der Waals surface area contributed by atoms with Crippen LogP contribution in [0.5, 0.6) is 0 Å². The fraction of sp³-hybridized carbons (Fsp3) is 0.0667. The summed E-state index contributed by atoms with van der Waals surface area (Å²) >= 11 is 0. The predicted octanol–water partition coefficient (Wildman–Crippen LogP) is 2.76. The van der Waals surface area contributed by atoms with E-state index < -0.39 is 0 Å². The molecule has 2 aromatic rings. The molecule has 0 unspecified atom stereocenters. The maximum absolute atomic E-state index is 11.7. The van der Waals surface area contributed by atoms with Crippen molar-refractivity contribution in [3.63, 3.8) is 0 Å². The Balaban J connectivity index is 1.96. The molecule has 2 aromatic carbocycles. The topological polar surface area (TPSA) is 41.5 Å². The summed E-state index contributed by atoms with van der Waals surface area (Å²) in [6.45, 7) is 1.98. The van der Waals surface area contributed by atoms with Crippen LogP contribution in [0, 0.1) is 6.92 Å². The maximum atomic E-state index is 11.7. The average molecular weight is 238 g/mol. The highest BCUT2D eigenvalue weighted by Gasteiger charge is 2.02. The fourth-order valence-corrected chi connectivity index (χ4v) is 1.47. The molecule has 0 fully saturated rings. The lowest BCUT2D eigenvalue weighted by Gasteiger charge is -2.00. The molecular formula is C15H14N2O. The minimum atomic E-state index is -0.206. The van der Waals surface area contributed by atoms with Crippen molar-refractivity contribution >= 4 is 12.1 Å². The van der Waals surface area contributed by atoms with Gasteiger partial charge in [-0.25, -0.2) is 5.43 Å². The number of aryl methyl sites for hydroxylation is 1. The van der Waals surface area contributed by atoms with Gasteiger partial charge in [0.05, 0.1) is 6.21 Å². The summed E-state index contributed by atoms with van der Waals surface area (Å²) < 4.78 is 0. The first-order valence-corrected chi connectivity index (χ1v) is 5.71. The van der Waals surface area contributed by atoms with Gasteiger partial charge in [0.2, 0.25) is 0 Å². The van der Waals surface area contributed by atoms with Gasteiger partial charge in [0.1, 0.15) is 0 Å². The van der Waals surface area contributed by atoms with Crippen molar-refractivity contribution in [2.75, 3.05) is 0 Å². The number of hydrogen-bond donors (Lipinski definition) is 1. The van der Waals surface area contributed by atoms with Crippen LogP contribution in [0.15, 0.2) is 59.7 Å². The van der Waals surface area contributed by atoms with Crippen LogP contribution in [-0.2, 0) is 0 Å². The lowest BCUT2D eigenvalue weighted by Crippen LogP contribution is -2.17. The van der Waals surface area contributed by atoms with Gasteiger partial charge >= 0.3 is 0 Å². The molecule has 0 aliphatic heterocycles. The molecule has 0 atom stereocenters. The molecule has 0 heterocycles. The Morgan fingerprint density at radius 2 is 1.72 bits per heavy atom. The first kappa shape index (κ1) is 12.0. The molecule has 1 N–H and O–H groups in total. The molecule has 0 aliphatic carbocycles. The van der Waals surface area contributed by atoms with Crippen molar-refractivity contribution in [3.05, 3.63) is 71.3 Å². The highest BCUT2D eigenvalue weighted by Crippen LogP contribution is 2.02. The number of hydrogen-bond acceptors (Lipinski definition) is 2. The summed E-state index contributed by atoms with van der Waals surface area (Å²) in [5.41, 5.74) is 5.17. The monoisotopic (exact) mass is 238 g/mol. The Hall–Kier alpha value is -2.42. The Bertz CT molecular complexity index is 544. The summed E-state index contributed by atoms with van der Waals surface area (Å²) in [7, 11) is 0. The van der Waals surface area contributed by atoms with Crippen LogP contribution in [0.2, 0.25) is 0 Å². The van der Waals surface area contributed by atoms with Gasteiger partial charge in [0, 0.05) is 5.56 Å². The van der Waals surface area contributed by atoms with E-state index in [0.29, 0.717) is 5.56 Å². The molecule has 0 aromatic heterocycles. The van der Waals surface area contributed by atoms with Gasteiger partial charge < -0.3 is 0 Å². The van der Waals surface area contributed by atoms with Gasteiger partial charge in [-0.15, -0.1) is 0 Å². The van der Waals surface area contributed by atoms with Gasteiger partial charge in [-0.05, 0) is 24.6 Å². The van der Waals surface area contributed by atoms with Gasteiger partial charge in [0.15, 0.2) is 0 Å². The van der Waals surface area contributed by atoms with Gasteiger partial charge in [0.25, 0.3) is 5.91 Å². The van der Waals surface area contributed by atoms with E-state index in [-0.39, 0.29) is 5.91 Å². The van der Waals surface area contributed by atoms with Crippen molar-refractivity contribution < 1.29 is 4.79 Å². The van der Waals surface area contributed by atoms with E-state index in [2.05, 4.69) is 10.5 Å². The van der Waals surface area contributed by atoms with Gasteiger partial charge in [-0.3, -0.25) is 4.79 Å². The van der Waals surface area contributed by atoms with Crippen LogP contribution in [0.1, 0.15) is 21.5 Å². The van der Waals surface area contributed by atoms with E-state index in [9.17, 15) is 4.79 Å². The Morgan fingerprint density at radius 1 is 1.06 bits per heavy atom. The minimum absolute atomic E-state index is 0.206. The van der Waals surface area contributed by atoms with Crippen LogP contribution < -0.4 is 5.43 Å². The van der Waals surface area contributed by atoms with E-state index in [4.69, 9.17) is 0 Å². The van der Waals surface area contributed by atoms with Crippen molar-refractivity contribution in [2.24, 2.45) is 5.10 Å². The Kier molecular flexibility index (Phi) is 3.86. The standard InChI is InChI=1S/C15H14N2O/c1-12-7-9-14(10-8-12)15(18)17-16-11-13-5-3-2-4-6-13/h2-11H,1H3,(H,17,18)/b16-11-. The van der Waals surface area contributed by atoms with Crippen LogP contribution in [0.25, 0.3) is 0 Å². The first-order valence-electron chi connectivity index (χ1n) is 5.71. The van der Waals surface area contributed by atoms with Crippen LogP contribution in [-0.4, -0.2) is 12.1 Å². The third-order valence-corrected chi connectivity index (χ3v) is 2.49. The lowest BCUT2D eigenvalue weighted by atomic mass is 10.1. The number of rotatable bonds is 3. The molecule has 90 valence electrons. The van der Waals surface area contributed by atoms with E-state index in [1.54, 1.807) is 18.3 Å². The number of benzene rings is 2. The molecule has 3 heteroatoms. The molecule has 18 heavy (non-hydrogen) atoms. The third-order valence-electron chi connectivity index (χ3n) is 2.49. The molecule has 0 bridgehead atoms. The van der Waals surface area contributed by atoms with Gasteiger partial charge in [-0.2, -0.15) is 5.10 Å². The second-order valence-corrected chi connectivity index (χ2v) is 3.98. The normalized spacial score (nSPS) is 10.5. The lowest BCUT2D eigenvalue weighted by molar-refractivity contribution is 0.0955. The number of carbonyl (C=O) groups is 1. The van der Waals surface area contributed by atoms with Crippen LogP contribution in [0.3, 0.4) is 0 Å². The molecule has 3 nitrogen and oxygen atoms in total. The summed E-state index contributed by atoms with van der Waals surface area (Å²) in [6, 6.07) is 17.0. The van der Waals surface area contributed by atoms with Gasteiger partial charge in [-0.1, -0.05) is 48.0 Å². The number of amides is 1. The second-order valence-electron chi connectivity index (χ2n) is 3.98. The molecule has 0 saturated carbocycles. The molecule has 0 radical (unpaired) electrons. The zero-order chi connectivity index (χ0) is 12.8. The SMILES string of the molecule is Cc1ccc(C(=O)N/N=C\c2ccccc2)cc1. The summed E-state index contributed by atoms with van der Waals surface area (Å²) in [5.74, 6) is -0.206. The van der Waals surface area contributed by atoms with Crippen molar-refractivity contribution in [1.29, 1.82) is 0 Å². The maximum Gasteiger partial charge on any atom is 0.271 e. The van der Waals surface area contributed by atoms with Crippen molar-refractivity contribution in [2.45, 2.75) is 6.92 Å². The first-order chi connectivity index (χ1) is 8.75. The summed E-state index contributed by atoms with van der Waals surface area (Å²) in [4.78, 5) is 11.7. The molecule has 0 aliphatic rings. The van der Waals surface area contributed by atoms with Crippen molar-refractivity contribution in [1.82, 2.24) is 5.43 Å². The summed E-state index contributed by atoms with van der Waals surface area (Å²) in [6.07, 6.45) is 1.62. The molecule has 1 amide bonds. The largest absolute Gasteiger partial charge is 0.271 e. The smallest absolute Gasteiger partial charge is 0.267 e. The van der Waals surface area contributed by atoms with E-state index >= 15 is 0 Å². The quantitative estimate of drug-likeness (QED) is 0.648. The Labute approximate surface area is 106 Å². The average Bonchev–Trinajstić information content (AvgIpc) is 2.40. The Morgan fingerprint density at radius 3 is 2.39 bits per heavy atom. The zero-order valence-electron chi connectivity index (χ0n) is 10.1. The van der Waals surface area contributed by atoms with Crippen LogP contribution in [0.4, 0.5) is 0 Å². The minimum Gasteiger partial charge on any atom is -0.267 e.